The zero-order chi connectivity index (χ0) is 26.7. The van der Waals surface area contributed by atoms with Crippen molar-refractivity contribution in [2.75, 3.05) is 45.8 Å². The van der Waals surface area contributed by atoms with Crippen molar-refractivity contribution in [3.63, 3.8) is 0 Å². The summed E-state index contributed by atoms with van der Waals surface area (Å²) >= 11 is 6.16. The van der Waals surface area contributed by atoms with Crippen molar-refractivity contribution in [2.45, 2.75) is 62.8 Å². The highest BCUT2D eigenvalue weighted by atomic mass is 35.5. The minimum absolute atomic E-state index is 0.122. The van der Waals surface area contributed by atoms with E-state index in [0.29, 0.717) is 25.6 Å². The zero-order valence-electron chi connectivity index (χ0n) is 21.9. The molecule has 4 nitrogen and oxygen atoms in total. The molecule has 3 aliphatic heterocycles. The monoisotopic (exact) mass is 547 g/mol. The fourth-order valence-corrected chi connectivity index (χ4v) is 6.85. The Kier molecular flexibility index (Phi) is 8.65. The van der Waals surface area contributed by atoms with E-state index in [1.807, 2.05) is 0 Å². The summed E-state index contributed by atoms with van der Waals surface area (Å²) in [6, 6.07) is 9.19. The predicted molar refractivity (Wildman–Crippen MR) is 144 cm³/mol. The van der Waals surface area contributed by atoms with Crippen LogP contribution in [0.2, 0.25) is 5.02 Å². The first kappa shape index (κ1) is 27.5. The van der Waals surface area contributed by atoms with Crippen LogP contribution < -0.4 is 0 Å². The normalized spacial score (nSPS) is 23.7. The van der Waals surface area contributed by atoms with Gasteiger partial charge in [-0.2, -0.15) is 0 Å². The Hall–Kier alpha value is -2.09. The Morgan fingerprint density at radius 2 is 1.68 bits per heavy atom. The summed E-state index contributed by atoms with van der Waals surface area (Å²) < 4.78 is 42.5. The number of amides is 1. The van der Waals surface area contributed by atoms with Crippen LogP contribution in [-0.2, 0) is 16.6 Å². The molecule has 1 amide bonds. The smallest absolute Gasteiger partial charge is 0.227 e. The SMILES string of the molecule is O=C(Cc1c(F)cccc1Cl)N1CCC(CCN2CCC(N3CCCCC3)CC2)(c2ccc(F)c(F)c2)C1. The molecule has 0 radical (unpaired) electrons. The standard InChI is InChI=1S/C30H37ClF3N3O/c31-25-5-4-6-26(32)24(25)20-29(38)37-18-12-30(21-37,22-7-8-27(33)28(34)19-22)11-17-35-15-9-23(10-16-35)36-13-2-1-3-14-36/h4-8,19,23H,1-3,9-18,20-21H2. The summed E-state index contributed by atoms with van der Waals surface area (Å²) in [6.45, 7) is 6.21. The number of carbonyl (C=O) groups is 1. The van der Waals surface area contributed by atoms with Crippen LogP contribution in [0.5, 0.6) is 0 Å². The van der Waals surface area contributed by atoms with Gasteiger partial charge in [0.05, 0.1) is 6.42 Å². The molecule has 1 unspecified atom stereocenters. The van der Waals surface area contributed by atoms with Crippen molar-refractivity contribution in [3.8, 4) is 0 Å². The van der Waals surface area contributed by atoms with Gasteiger partial charge in [-0.3, -0.25) is 4.79 Å². The molecule has 0 spiro atoms. The van der Waals surface area contributed by atoms with Crippen LogP contribution in [0, 0.1) is 17.5 Å². The minimum atomic E-state index is -0.871. The summed E-state index contributed by atoms with van der Waals surface area (Å²) in [6.07, 6.45) is 7.54. The molecular formula is C30H37ClF3N3O. The summed E-state index contributed by atoms with van der Waals surface area (Å²) in [5, 5.41) is 0.234. The Bertz CT molecular complexity index is 1110. The third-order valence-corrected chi connectivity index (χ3v) is 9.35. The van der Waals surface area contributed by atoms with Gasteiger partial charge in [-0.1, -0.05) is 30.2 Å². The van der Waals surface area contributed by atoms with Crippen LogP contribution in [0.1, 0.15) is 56.1 Å². The van der Waals surface area contributed by atoms with Gasteiger partial charge in [0.25, 0.3) is 0 Å². The average Bonchev–Trinajstić information content (AvgIpc) is 3.38. The third kappa shape index (κ3) is 6.05. The maximum Gasteiger partial charge on any atom is 0.227 e. The van der Waals surface area contributed by atoms with E-state index in [1.54, 1.807) is 17.0 Å². The van der Waals surface area contributed by atoms with E-state index >= 15 is 0 Å². The maximum atomic E-state index is 14.3. The van der Waals surface area contributed by atoms with Gasteiger partial charge in [0.2, 0.25) is 5.91 Å². The van der Waals surface area contributed by atoms with Crippen LogP contribution in [0.15, 0.2) is 36.4 Å². The van der Waals surface area contributed by atoms with Crippen LogP contribution in [0.3, 0.4) is 0 Å². The first-order chi connectivity index (χ1) is 18.3. The minimum Gasteiger partial charge on any atom is -0.341 e. The topological polar surface area (TPSA) is 26.8 Å². The van der Waals surface area contributed by atoms with Gasteiger partial charge in [-0.05, 0) is 101 Å². The zero-order valence-corrected chi connectivity index (χ0v) is 22.7. The van der Waals surface area contributed by atoms with Crippen molar-refractivity contribution >= 4 is 17.5 Å². The second-order valence-electron chi connectivity index (χ2n) is 11.3. The fraction of sp³-hybridized carbons (Fsp3) is 0.567. The molecule has 0 bridgehead atoms. The van der Waals surface area contributed by atoms with Crippen LogP contribution in [-0.4, -0.2) is 72.5 Å². The van der Waals surface area contributed by atoms with Crippen molar-refractivity contribution in [2.24, 2.45) is 0 Å². The van der Waals surface area contributed by atoms with Gasteiger partial charge < -0.3 is 14.7 Å². The van der Waals surface area contributed by atoms with E-state index in [9.17, 15) is 18.0 Å². The lowest BCUT2D eigenvalue weighted by molar-refractivity contribution is -0.129. The second kappa shape index (κ2) is 12.0. The van der Waals surface area contributed by atoms with Crippen molar-refractivity contribution in [1.82, 2.24) is 14.7 Å². The van der Waals surface area contributed by atoms with E-state index in [4.69, 9.17) is 11.6 Å². The highest BCUT2D eigenvalue weighted by Gasteiger charge is 2.42. The number of hydrogen-bond acceptors (Lipinski definition) is 3. The molecule has 5 rings (SSSR count). The quantitative estimate of drug-likeness (QED) is 0.438. The molecule has 2 aromatic rings. The van der Waals surface area contributed by atoms with Gasteiger partial charge in [-0.15, -0.1) is 0 Å². The lowest BCUT2D eigenvalue weighted by Crippen LogP contribution is -2.47. The molecule has 2 aromatic carbocycles. The van der Waals surface area contributed by atoms with Gasteiger partial charge in [-0.25, -0.2) is 13.2 Å². The number of piperidine rings is 2. The molecule has 0 saturated carbocycles. The van der Waals surface area contributed by atoms with E-state index < -0.39 is 22.9 Å². The molecule has 0 aliphatic carbocycles. The van der Waals surface area contributed by atoms with Gasteiger partial charge >= 0.3 is 0 Å². The van der Waals surface area contributed by atoms with Crippen molar-refractivity contribution < 1.29 is 18.0 Å². The lowest BCUT2D eigenvalue weighted by Gasteiger charge is -2.41. The number of benzene rings is 2. The van der Waals surface area contributed by atoms with Crippen LogP contribution in [0.4, 0.5) is 13.2 Å². The number of halogens is 4. The first-order valence-electron chi connectivity index (χ1n) is 14.0. The number of rotatable bonds is 7. The summed E-state index contributed by atoms with van der Waals surface area (Å²) in [5.41, 5.74) is 0.437. The van der Waals surface area contributed by atoms with E-state index in [2.05, 4.69) is 9.80 Å². The third-order valence-electron chi connectivity index (χ3n) is 9.00. The fourth-order valence-electron chi connectivity index (χ4n) is 6.62. The van der Waals surface area contributed by atoms with Gasteiger partial charge in [0.15, 0.2) is 11.6 Å². The number of carbonyl (C=O) groups excluding carboxylic acids is 1. The lowest BCUT2D eigenvalue weighted by atomic mass is 9.76. The summed E-state index contributed by atoms with van der Waals surface area (Å²) in [7, 11) is 0. The van der Waals surface area contributed by atoms with E-state index in [1.165, 1.54) is 56.6 Å². The van der Waals surface area contributed by atoms with Gasteiger partial charge in [0, 0.05) is 35.1 Å². The molecule has 8 heteroatoms. The largest absolute Gasteiger partial charge is 0.341 e. The average molecular weight is 548 g/mol. The van der Waals surface area contributed by atoms with E-state index in [-0.39, 0.29) is 22.9 Å². The summed E-state index contributed by atoms with van der Waals surface area (Å²) in [4.78, 5) is 20.1. The van der Waals surface area contributed by atoms with E-state index in [0.717, 1.165) is 44.5 Å². The molecule has 38 heavy (non-hydrogen) atoms. The highest BCUT2D eigenvalue weighted by molar-refractivity contribution is 6.31. The van der Waals surface area contributed by atoms with Gasteiger partial charge in [0.1, 0.15) is 5.82 Å². The number of nitrogens with zero attached hydrogens (tertiary/aromatic N) is 3. The van der Waals surface area contributed by atoms with Crippen LogP contribution in [0.25, 0.3) is 0 Å². The number of likely N-dealkylation sites (tertiary alicyclic amines) is 3. The van der Waals surface area contributed by atoms with Crippen LogP contribution >= 0.6 is 11.6 Å². The molecular weight excluding hydrogens is 511 g/mol. The molecule has 3 aliphatic rings. The summed E-state index contributed by atoms with van der Waals surface area (Å²) in [5.74, 6) is -2.44. The number of hydrogen-bond donors (Lipinski definition) is 0. The molecule has 0 N–H and O–H groups in total. The molecule has 1 atom stereocenters. The molecule has 206 valence electrons. The molecule has 0 aromatic heterocycles. The first-order valence-corrected chi connectivity index (χ1v) is 14.3. The Balaban J connectivity index is 1.26. The predicted octanol–water partition coefficient (Wildman–Crippen LogP) is 5.81. The Labute approximate surface area is 228 Å². The maximum absolute atomic E-state index is 14.3. The molecule has 3 fully saturated rings. The van der Waals surface area contributed by atoms with Crippen molar-refractivity contribution in [1.29, 1.82) is 0 Å². The highest BCUT2D eigenvalue weighted by Crippen LogP contribution is 2.39. The molecule has 3 heterocycles. The Morgan fingerprint density at radius 3 is 2.39 bits per heavy atom. The molecule has 3 saturated heterocycles. The Morgan fingerprint density at radius 1 is 0.921 bits per heavy atom. The van der Waals surface area contributed by atoms with Crippen molar-refractivity contribution in [3.05, 3.63) is 70.0 Å². The second-order valence-corrected chi connectivity index (χ2v) is 11.7.